The van der Waals surface area contributed by atoms with Crippen LogP contribution in [0.4, 0.5) is 44.6 Å². The second kappa shape index (κ2) is 43.6. The summed E-state index contributed by atoms with van der Waals surface area (Å²) in [5, 5.41) is 45.0. The molecule has 2 unspecified atom stereocenters. The molecule has 86 heavy (non-hydrogen) atoms. The number of nitrogens with zero attached hydrogens (tertiary/aromatic N) is 10. The number of methoxy groups -OCH3 is 2. The third kappa shape index (κ3) is 29.6. The number of nitrogens with one attached hydrogen (secondary N) is 3. The summed E-state index contributed by atoms with van der Waals surface area (Å²) in [4.78, 5) is 34.7. The zero-order chi connectivity index (χ0) is 63.9. The van der Waals surface area contributed by atoms with Gasteiger partial charge in [0.15, 0.2) is 10.2 Å². The second-order valence-electron chi connectivity index (χ2n) is 19.5. The van der Waals surface area contributed by atoms with E-state index in [0.29, 0.717) is 117 Å². The molecule has 0 aliphatic rings. The van der Waals surface area contributed by atoms with Gasteiger partial charge in [-0.15, -0.1) is 30.7 Å². The van der Waals surface area contributed by atoms with E-state index in [0.717, 1.165) is 52.6 Å². The van der Waals surface area contributed by atoms with E-state index in [-0.39, 0.29) is 35.0 Å². The largest absolute Gasteiger partial charge is 0.465 e. The van der Waals surface area contributed by atoms with Crippen LogP contribution in [-0.2, 0) is 37.5 Å². The lowest BCUT2D eigenvalue weighted by atomic mass is 9.86. The molecule has 0 aliphatic heterocycles. The van der Waals surface area contributed by atoms with Gasteiger partial charge in [0.2, 0.25) is 11.0 Å². The van der Waals surface area contributed by atoms with Crippen molar-refractivity contribution in [2.45, 2.75) is 119 Å². The summed E-state index contributed by atoms with van der Waals surface area (Å²) in [6.07, 6.45) is 4.32. The van der Waals surface area contributed by atoms with Gasteiger partial charge in [-0.2, -0.15) is 5.26 Å². The number of azo groups is 2. The number of para-hydroxylation sites is 1. The Bertz CT molecular complexity index is 3080. The number of anilines is 4. The fraction of sp³-hybridized carbons (Fsp3) is 0.500. The Morgan fingerprint density at radius 3 is 2.16 bits per heavy atom. The zero-order valence-corrected chi connectivity index (χ0v) is 57.5. The lowest BCUT2D eigenvalue weighted by Crippen LogP contribution is -2.33. The molecular formula is C58H82BrN13O9P2S3. The number of halogens is 1. The zero-order valence-electron chi connectivity index (χ0n) is 51.6. The third-order valence-electron chi connectivity index (χ3n) is 11.3. The van der Waals surface area contributed by atoms with Gasteiger partial charge in [0.05, 0.1) is 53.6 Å². The number of fused-ring (bicyclic) bond motifs is 1. The number of aromatic nitrogens is 4. The van der Waals surface area contributed by atoms with Crippen LogP contribution in [0.3, 0.4) is 0 Å². The fourth-order valence-electron chi connectivity index (χ4n) is 7.51. The van der Waals surface area contributed by atoms with E-state index >= 15 is 0 Å². The fourth-order valence-corrected chi connectivity index (χ4v) is 10.6. The Hall–Kier alpha value is -6.00. The van der Waals surface area contributed by atoms with Crippen molar-refractivity contribution in [1.82, 2.24) is 20.2 Å². The molecule has 28 heteroatoms. The molecule has 2 atom stereocenters. The van der Waals surface area contributed by atoms with Crippen LogP contribution < -0.4 is 25.4 Å². The van der Waals surface area contributed by atoms with Gasteiger partial charge >= 0.3 is 23.3 Å². The number of esters is 1. The molecule has 3 aromatic heterocycles. The van der Waals surface area contributed by atoms with Crippen molar-refractivity contribution < 1.29 is 42.0 Å². The third-order valence-corrected chi connectivity index (χ3v) is 15.2. The van der Waals surface area contributed by atoms with Gasteiger partial charge in [-0.25, -0.2) is 19.1 Å². The summed E-state index contributed by atoms with van der Waals surface area (Å²) in [7, 11) is 2.74. The molecule has 0 fully saturated rings. The van der Waals surface area contributed by atoms with Crippen LogP contribution in [0.25, 0.3) is 10.2 Å². The molecule has 3 heterocycles. The summed E-state index contributed by atoms with van der Waals surface area (Å²) in [6.45, 7) is 28.2. The van der Waals surface area contributed by atoms with E-state index in [9.17, 15) is 24.0 Å². The van der Waals surface area contributed by atoms with Crippen LogP contribution >= 0.6 is 67.7 Å². The van der Waals surface area contributed by atoms with Crippen molar-refractivity contribution in [3.8, 4) is 11.8 Å². The molecule has 6 rings (SSSR count). The lowest BCUT2D eigenvalue weighted by Gasteiger charge is -2.31. The Morgan fingerprint density at radius 1 is 0.872 bits per heavy atom. The van der Waals surface area contributed by atoms with E-state index in [1.165, 1.54) is 41.4 Å². The van der Waals surface area contributed by atoms with E-state index in [4.69, 9.17) is 18.7 Å². The predicted octanol–water partition coefficient (Wildman–Crippen LogP) is 17.7. The number of pyridine rings is 1. The molecule has 3 aromatic carbocycles. The monoisotopic (exact) mass is 1340 g/mol. The molecule has 0 spiro atoms. The van der Waals surface area contributed by atoms with Gasteiger partial charge < -0.3 is 39.6 Å². The maximum Gasteiger partial charge on any atom is 0.395 e. The summed E-state index contributed by atoms with van der Waals surface area (Å²) < 4.78 is 46.9. The lowest BCUT2D eigenvalue weighted by molar-refractivity contribution is -0.139. The molecule has 1 amide bonds. The van der Waals surface area contributed by atoms with Gasteiger partial charge in [0.25, 0.3) is 5.13 Å². The number of unbranched alkanes of at least 4 members (excludes halogenated alkanes) is 1. The highest BCUT2D eigenvalue weighted by Crippen LogP contribution is 2.38. The highest BCUT2D eigenvalue weighted by molar-refractivity contribution is 9.10. The number of carbonyl (C=O) groups is 2. The smallest absolute Gasteiger partial charge is 0.395 e. The van der Waals surface area contributed by atoms with Crippen LogP contribution in [0.5, 0.6) is 5.75 Å². The summed E-state index contributed by atoms with van der Waals surface area (Å²) in [5.74, 6) is 1.78. The number of thiazole rings is 1. The Labute approximate surface area is 530 Å². The molecule has 0 radical (unpaired) electrons. The van der Waals surface area contributed by atoms with Crippen LogP contribution in [0.15, 0.2) is 96.0 Å². The highest BCUT2D eigenvalue weighted by Gasteiger charge is 2.20. The van der Waals surface area contributed by atoms with Crippen LogP contribution in [0.2, 0.25) is 0 Å². The average molecular weight is 1340 g/mol. The minimum atomic E-state index is -0.305. The second-order valence-corrected chi connectivity index (χ2v) is 24.3. The first-order chi connectivity index (χ1) is 41.3. The predicted molar refractivity (Wildman–Crippen MR) is 353 cm³/mol. The van der Waals surface area contributed by atoms with E-state index in [2.05, 4.69) is 136 Å². The molecule has 0 bridgehead atoms. The Kier molecular flexibility index (Phi) is 38.6. The first-order valence-corrected chi connectivity index (χ1v) is 32.8. The molecule has 0 saturated heterocycles. The molecule has 22 nitrogen and oxygen atoms in total. The van der Waals surface area contributed by atoms with Crippen molar-refractivity contribution in [3.63, 3.8) is 0 Å². The number of hydrogen-bond acceptors (Lipinski definition) is 24. The van der Waals surface area contributed by atoms with E-state index in [1.807, 2.05) is 75.4 Å². The number of ether oxygens (including phenoxy) is 3. The summed E-state index contributed by atoms with van der Waals surface area (Å²) in [5.41, 5.74) is 4.92. The minimum absolute atomic E-state index is 0.165. The van der Waals surface area contributed by atoms with Gasteiger partial charge in [-0.05, 0) is 99.9 Å². The first kappa shape index (κ1) is 76.1. The maximum absolute atomic E-state index is 11.8. The van der Waals surface area contributed by atoms with Gasteiger partial charge in [-0.3, -0.25) is 14.1 Å². The molecular weight excluding hydrogens is 1260 g/mol. The number of thioether (sulfide) groups is 1. The summed E-state index contributed by atoms with van der Waals surface area (Å²) >= 11 is 7.37. The number of hydrogen-bond donors (Lipinski definition) is 3. The molecule has 0 saturated carbocycles. The van der Waals surface area contributed by atoms with Crippen molar-refractivity contribution >= 4 is 134 Å². The molecule has 6 aromatic rings. The van der Waals surface area contributed by atoms with Crippen LogP contribution in [0, 0.1) is 29.6 Å². The number of amides is 1. The Morgan fingerprint density at radius 2 is 1.56 bits per heavy atom. The number of benzene rings is 3. The first-order valence-electron chi connectivity index (χ1n) is 27.9. The van der Waals surface area contributed by atoms with Gasteiger partial charge in [0, 0.05) is 62.5 Å². The van der Waals surface area contributed by atoms with Gasteiger partial charge in [0.1, 0.15) is 29.0 Å². The van der Waals surface area contributed by atoms with Crippen molar-refractivity contribution in [2.75, 3.05) is 86.9 Å². The van der Waals surface area contributed by atoms with Crippen molar-refractivity contribution in [3.05, 3.63) is 82.3 Å². The molecule has 3 N–H and O–H groups in total. The summed E-state index contributed by atoms with van der Waals surface area (Å²) in [6, 6.07) is 23.3. The van der Waals surface area contributed by atoms with Crippen LogP contribution in [0.1, 0.15) is 113 Å². The minimum Gasteiger partial charge on any atom is -0.465 e. The van der Waals surface area contributed by atoms with Crippen molar-refractivity contribution in [2.24, 2.45) is 31.8 Å². The van der Waals surface area contributed by atoms with E-state index < -0.39 is 0 Å². The highest BCUT2D eigenvalue weighted by atomic mass is 79.9. The van der Waals surface area contributed by atoms with E-state index in [1.54, 1.807) is 33.3 Å². The Balaban J connectivity index is 0.000000436. The maximum atomic E-state index is 11.8. The number of rotatable bonds is 29. The van der Waals surface area contributed by atoms with Crippen LogP contribution in [-0.4, -0.2) is 104 Å². The average Bonchev–Trinajstić information content (AvgIpc) is 3.04. The normalized spacial score (nSPS) is 11.7. The number of nitriles is 1. The SMILES string of the molecule is CC.CC(COP=O)CC(C)(C)C.CCCCN(c1ccc(N=Nc2nnc(SCC(=O)OCC)s2)c(NC(C)=O)c1)C(C)CC.COCCNc1nc(NCCOC)c(N=Nc2nc3cc(Br)ccc3s2)c(C)c1C#N.O=POc1ccccc1. The van der Waals surface area contributed by atoms with Crippen molar-refractivity contribution in [1.29, 1.82) is 5.26 Å². The van der Waals surface area contributed by atoms with Gasteiger partial charge in [-0.1, -0.05) is 130 Å². The molecule has 468 valence electrons. The topological polar surface area (TPSA) is 279 Å². The molecule has 0 aliphatic carbocycles. The number of carbonyl (C=O) groups excluding carboxylic acids is 2. The standard InChI is InChI=1S/C22H32N6O3S2.C20H22BrN7O2S.C8H17O2P.C6H5O2P.C2H6/c1-6-9-12-28(15(4)7-2)17-10-11-18(19(13-17)23-16(5)29)24-25-21-26-27-22(33-21)32-14-20(30)31-8-3;1-12-14(11-22)18(23-6-8-29-2)26-19(24-7-9-30-3)17(12)27-28-20-25-15-10-13(21)4-5-16(15)31-20;1-7(6-10-11-9)5-8(2,3)4;7-9-8-6-4-2-1-3-5-6;1-2/h10-11,13,15H,6-9,12,14H2,1-5H3,(H,23,29);4-5,10H,6-9H2,1-3H3,(H2,23,24,26);7H,5-6H2,1-4H3;1-5H;1-2H3. The quantitative estimate of drug-likeness (QED) is 0.0129.